The molecule has 0 aromatic rings. The first kappa shape index (κ1) is 12.5. The summed E-state index contributed by atoms with van der Waals surface area (Å²) in [5.41, 5.74) is 0. The Hall–Kier alpha value is -0.470. The lowest BCUT2D eigenvalue weighted by Gasteiger charge is -2.26. The third-order valence-corrected chi connectivity index (χ3v) is 2.29. The van der Waals surface area contributed by atoms with Crippen molar-refractivity contribution in [1.82, 2.24) is 0 Å². The number of alkyl halides is 2. The van der Waals surface area contributed by atoms with Crippen molar-refractivity contribution in [2.45, 2.75) is 52.4 Å². The Bertz CT molecular complexity index is 156. The van der Waals surface area contributed by atoms with E-state index in [1.54, 1.807) is 0 Å². The van der Waals surface area contributed by atoms with Gasteiger partial charge >= 0.3 is 0 Å². The first-order chi connectivity index (χ1) is 6.01. The summed E-state index contributed by atoms with van der Waals surface area (Å²) < 4.78 is 25.1. The van der Waals surface area contributed by atoms with Crippen LogP contribution in [0, 0.1) is 5.92 Å². The highest BCUT2D eigenvalue weighted by molar-refractivity contribution is 5.78. The van der Waals surface area contributed by atoms with Crippen molar-refractivity contribution < 1.29 is 13.6 Å². The smallest absolute Gasteiger partial charge is 0.248 e. The van der Waals surface area contributed by atoms with Gasteiger partial charge < -0.3 is 0 Å². The van der Waals surface area contributed by atoms with Gasteiger partial charge in [-0.1, -0.05) is 13.8 Å². The van der Waals surface area contributed by atoms with E-state index in [0.717, 1.165) is 0 Å². The van der Waals surface area contributed by atoms with E-state index >= 15 is 0 Å². The van der Waals surface area contributed by atoms with Gasteiger partial charge in [0.2, 0.25) is 5.92 Å². The molecule has 1 nitrogen and oxygen atoms in total. The molecule has 0 atom stereocenters. The van der Waals surface area contributed by atoms with E-state index in [1.807, 2.05) is 13.8 Å². The number of hydrogen-bond acceptors (Lipinski definition) is 1. The van der Waals surface area contributed by atoms with E-state index in [1.165, 1.54) is 6.92 Å². The van der Waals surface area contributed by atoms with Crippen LogP contribution in [0.4, 0.5) is 8.78 Å². The van der Waals surface area contributed by atoms with Crippen LogP contribution >= 0.6 is 0 Å². The van der Waals surface area contributed by atoms with E-state index < -0.39 is 5.92 Å². The molecule has 13 heavy (non-hydrogen) atoms. The van der Waals surface area contributed by atoms with Gasteiger partial charge in [0, 0.05) is 18.8 Å². The molecule has 1 fully saturated rings. The zero-order valence-electron chi connectivity index (χ0n) is 8.57. The summed E-state index contributed by atoms with van der Waals surface area (Å²) in [4.78, 5) is 10.8. The molecule has 0 aromatic carbocycles. The Labute approximate surface area is 78.5 Å². The van der Waals surface area contributed by atoms with Gasteiger partial charge in [0.1, 0.15) is 5.78 Å². The lowest BCUT2D eigenvalue weighted by atomic mass is 9.85. The molecule has 1 aliphatic carbocycles. The Morgan fingerprint density at radius 2 is 1.62 bits per heavy atom. The molecule has 0 bridgehead atoms. The molecule has 0 aliphatic heterocycles. The van der Waals surface area contributed by atoms with Crippen LogP contribution in [0.25, 0.3) is 0 Å². The largest absolute Gasteiger partial charge is 0.300 e. The van der Waals surface area contributed by atoms with E-state index in [2.05, 4.69) is 0 Å². The number of ketones is 1. The second-order valence-corrected chi connectivity index (χ2v) is 3.24. The van der Waals surface area contributed by atoms with Crippen LogP contribution in [0.2, 0.25) is 0 Å². The Morgan fingerprint density at radius 3 is 1.92 bits per heavy atom. The molecule has 3 heteroatoms. The molecular formula is C10H18F2O. The normalized spacial score (nSPS) is 21.6. The predicted molar refractivity (Wildman–Crippen MR) is 48.9 cm³/mol. The van der Waals surface area contributed by atoms with Crippen LogP contribution in [0.15, 0.2) is 0 Å². The lowest BCUT2D eigenvalue weighted by Crippen LogP contribution is -2.27. The summed E-state index contributed by atoms with van der Waals surface area (Å²) >= 11 is 0. The molecule has 1 rings (SSSR count). The van der Waals surface area contributed by atoms with Crippen LogP contribution in [0.3, 0.4) is 0 Å². The van der Waals surface area contributed by atoms with Gasteiger partial charge in [0.15, 0.2) is 0 Å². The number of carbonyl (C=O) groups is 1. The highest BCUT2D eigenvalue weighted by Gasteiger charge is 2.36. The van der Waals surface area contributed by atoms with Gasteiger partial charge in [0.25, 0.3) is 0 Å². The van der Waals surface area contributed by atoms with Crippen molar-refractivity contribution in [1.29, 1.82) is 0 Å². The van der Waals surface area contributed by atoms with Gasteiger partial charge in [-0.15, -0.1) is 0 Å². The van der Waals surface area contributed by atoms with Crippen LogP contribution < -0.4 is 0 Å². The van der Waals surface area contributed by atoms with Crippen molar-refractivity contribution in [2.24, 2.45) is 5.92 Å². The second-order valence-electron chi connectivity index (χ2n) is 3.24. The van der Waals surface area contributed by atoms with E-state index in [0.29, 0.717) is 12.8 Å². The van der Waals surface area contributed by atoms with Gasteiger partial charge in [0.05, 0.1) is 0 Å². The second kappa shape index (κ2) is 5.30. The lowest BCUT2D eigenvalue weighted by molar-refractivity contribution is -0.124. The Morgan fingerprint density at radius 1 is 1.23 bits per heavy atom. The topological polar surface area (TPSA) is 17.1 Å². The number of hydrogen-bond donors (Lipinski definition) is 0. The summed E-state index contributed by atoms with van der Waals surface area (Å²) in [6, 6.07) is 0. The fraction of sp³-hybridized carbons (Fsp3) is 0.900. The van der Waals surface area contributed by atoms with Crippen LogP contribution in [0.5, 0.6) is 0 Å². The first-order valence-electron chi connectivity index (χ1n) is 4.89. The fourth-order valence-electron chi connectivity index (χ4n) is 1.45. The van der Waals surface area contributed by atoms with Crippen molar-refractivity contribution in [3.63, 3.8) is 0 Å². The number of rotatable bonds is 1. The highest BCUT2D eigenvalue weighted by atomic mass is 19.3. The number of Topliss-reactive ketones (excluding diaryl/α,β-unsaturated/α-hetero) is 1. The molecule has 1 saturated carbocycles. The zero-order chi connectivity index (χ0) is 10.5. The molecule has 78 valence electrons. The summed E-state index contributed by atoms with van der Waals surface area (Å²) in [7, 11) is 0. The summed E-state index contributed by atoms with van der Waals surface area (Å²) in [5, 5.41) is 0. The minimum absolute atomic E-state index is 0.0560. The van der Waals surface area contributed by atoms with Crippen LogP contribution in [0.1, 0.15) is 46.5 Å². The average molecular weight is 192 g/mol. The maximum atomic E-state index is 12.5. The molecule has 0 heterocycles. The third kappa shape index (κ3) is 4.34. The summed E-state index contributed by atoms with van der Waals surface area (Å²) in [6.45, 7) is 5.48. The molecule has 0 aromatic heterocycles. The summed E-state index contributed by atoms with van der Waals surface area (Å²) in [6.07, 6.45) is 0.499. The molecule has 0 amide bonds. The number of halogens is 2. The maximum Gasteiger partial charge on any atom is 0.248 e. The van der Waals surface area contributed by atoms with Crippen molar-refractivity contribution in [3.8, 4) is 0 Å². The van der Waals surface area contributed by atoms with Crippen LogP contribution in [-0.2, 0) is 4.79 Å². The Balaban J connectivity index is 0.000000671. The SMILES string of the molecule is CC.CC(=O)C1CCC(F)(F)CC1. The monoisotopic (exact) mass is 192 g/mol. The maximum absolute atomic E-state index is 12.5. The van der Waals surface area contributed by atoms with Crippen molar-refractivity contribution >= 4 is 5.78 Å². The van der Waals surface area contributed by atoms with Crippen molar-refractivity contribution in [2.75, 3.05) is 0 Å². The molecule has 0 unspecified atom stereocenters. The molecule has 0 radical (unpaired) electrons. The van der Waals surface area contributed by atoms with E-state index in [4.69, 9.17) is 0 Å². The molecule has 0 saturated heterocycles. The predicted octanol–water partition coefficient (Wildman–Crippen LogP) is 3.43. The number of carbonyl (C=O) groups excluding carboxylic acids is 1. The van der Waals surface area contributed by atoms with E-state index in [-0.39, 0.29) is 24.5 Å². The first-order valence-corrected chi connectivity index (χ1v) is 4.89. The zero-order valence-corrected chi connectivity index (χ0v) is 8.57. The third-order valence-electron chi connectivity index (χ3n) is 2.29. The molecule has 1 aliphatic rings. The minimum atomic E-state index is -2.51. The summed E-state index contributed by atoms with van der Waals surface area (Å²) in [5.74, 6) is -2.55. The van der Waals surface area contributed by atoms with Gasteiger partial charge in [-0.3, -0.25) is 4.79 Å². The standard InChI is InChI=1S/C8H12F2O.C2H6/c1-6(11)7-2-4-8(9,10)5-3-7;1-2/h7H,2-5H2,1H3;1-2H3. The van der Waals surface area contributed by atoms with Gasteiger partial charge in [-0.2, -0.15) is 0 Å². The van der Waals surface area contributed by atoms with Gasteiger partial charge in [-0.05, 0) is 19.8 Å². The van der Waals surface area contributed by atoms with E-state index in [9.17, 15) is 13.6 Å². The van der Waals surface area contributed by atoms with Crippen LogP contribution in [-0.4, -0.2) is 11.7 Å². The highest BCUT2D eigenvalue weighted by Crippen LogP contribution is 2.36. The Kier molecular flexibility index (Phi) is 5.11. The quantitative estimate of drug-likeness (QED) is 0.622. The average Bonchev–Trinajstić information content (AvgIpc) is 2.07. The minimum Gasteiger partial charge on any atom is -0.300 e. The fourth-order valence-corrected chi connectivity index (χ4v) is 1.45. The molecule has 0 N–H and O–H groups in total. The van der Waals surface area contributed by atoms with Gasteiger partial charge in [-0.25, -0.2) is 8.78 Å². The van der Waals surface area contributed by atoms with Crippen molar-refractivity contribution in [3.05, 3.63) is 0 Å². The molecule has 0 spiro atoms. The molecular weight excluding hydrogens is 174 g/mol.